The Labute approximate surface area is 118 Å². The third kappa shape index (κ3) is 3.35. The van der Waals surface area contributed by atoms with E-state index < -0.39 is 5.91 Å². The Morgan fingerprint density at radius 1 is 1.26 bits per heavy atom. The van der Waals surface area contributed by atoms with Gasteiger partial charge in [0.2, 0.25) is 5.91 Å². The second-order valence-electron chi connectivity index (χ2n) is 4.56. The number of carbonyl (C=O) groups excluding carboxylic acids is 2. The first-order valence-corrected chi connectivity index (χ1v) is 7.50. The predicted molar refractivity (Wildman–Crippen MR) is 79.7 cm³/mol. The van der Waals surface area contributed by atoms with E-state index in [2.05, 4.69) is 5.32 Å². The summed E-state index contributed by atoms with van der Waals surface area (Å²) in [4.78, 5) is 24.7. The minimum absolute atomic E-state index is 0.0202. The van der Waals surface area contributed by atoms with Gasteiger partial charge in [-0.2, -0.15) is 0 Å². The Hall–Kier alpha value is -1.36. The number of nitrogens with one attached hydrogen (secondary N) is 1. The van der Waals surface area contributed by atoms with Crippen molar-refractivity contribution < 1.29 is 9.59 Å². The van der Waals surface area contributed by atoms with E-state index in [9.17, 15) is 9.59 Å². The van der Waals surface area contributed by atoms with Gasteiger partial charge >= 0.3 is 0 Å². The van der Waals surface area contributed by atoms with Crippen LogP contribution in [0.25, 0.3) is 0 Å². The fraction of sp³-hybridized carbons (Fsp3) is 0.571. The highest BCUT2D eigenvalue weighted by molar-refractivity contribution is 7.16. The van der Waals surface area contributed by atoms with E-state index in [4.69, 9.17) is 5.73 Å². The minimum atomic E-state index is -0.471. The zero-order valence-electron chi connectivity index (χ0n) is 12.0. The zero-order chi connectivity index (χ0) is 14.6. The number of hydrogen-bond acceptors (Lipinski definition) is 3. The lowest BCUT2D eigenvalue weighted by molar-refractivity contribution is -0.120. The molecule has 1 rings (SSSR count). The van der Waals surface area contributed by atoms with Crippen LogP contribution in [0.4, 0.5) is 5.00 Å². The van der Waals surface area contributed by atoms with Gasteiger partial charge in [-0.15, -0.1) is 11.3 Å². The molecule has 0 aliphatic rings. The lowest BCUT2D eigenvalue weighted by Crippen LogP contribution is -2.23. The third-order valence-corrected chi connectivity index (χ3v) is 4.46. The summed E-state index contributed by atoms with van der Waals surface area (Å²) in [5.41, 5.74) is 6.86. The SMILES string of the molecule is CCc1c(C)sc(NC(=O)C(CC)CC)c1C(N)=O. The van der Waals surface area contributed by atoms with Crippen LogP contribution in [0.15, 0.2) is 0 Å². The van der Waals surface area contributed by atoms with Crippen molar-refractivity contribution in [3.05, 3.63) is 16.0 Å². The Kier molecular flexibility index (Phi) is 5.54. The minimum Gasteiger partial charge on any atom is -0.365 e. The number of anilines is 1. The molecule has 0 unspecified atom stereocenters. The molecular formula is C14H22N2O2S. The van der Waals surface area contributed by atoms with Crippen molar-refractivity contribution >= 4 is 28.2 Å². The van der Waals surface area contributed by atoms with E-state index in [0.717, 1.165) is 29.7 Å². The first-order chi connectivity index (χ1) is 8.96. The van der Waals surface area contributed by atoms with Crippen LogP contribution >= 0.6 is 11.3 Å². The molecule has 0 saturated carbocycles. The van der Waals surface area contributed by atoms with Crippen LogP contribution in [0.2, 0.25) is 0 Å². The maximum absolute atomic E-state index is 12.1. The number of aryl methyl sites for hydroxylation is 1. The number of thiophene rings is 1. The summed E-state index contributed by atoms with van der Waals surface area (Å²) in [5, 5.41) is 3.46. The fourth-order valence-corrected chi connectivity index (χ4v) is 3.38. The summed E-state index contributed by atoms with van der Waals surface area (Å²) in [6, 6.07) is 0. The number of hydrogen-bond donors (Lipinski definition) is 2. The Bertz CT molecular complexity index is 476. The average molecular weight is 282 g/mol. The summed E-state index contributed by atoms with van der Waals surface area (Å²) in [6.45, 7) is 7.90. The number of amides is 2. The van der Waals surface area contributed by atoms with E-state index in [-0.39, 0.29) is 11.8 Å². The lowest BCUT2D eigenvalue weighted by atomic mass is 10.0. The molecule has 3 N–H and O–H groups in total. The summed E-state index contributed by atoms with van der Waals surface area (Å²) in [7, 11) is 0. The summed E-state index contributed by atoms with van der Waals surface area (Å²) in [5.74, 6) is -0.523. The molecule has 0 spiro atoms. The maximum atomic E-state index is 12.1. The number of primary amides is 1. The van der Waals surface area contributed by atoms with Gasteiger partial charge in [0, 0.05) is 10.8 Å². The molecule has 2 amide bonds. The first kappa shape index (κ1) is 15.7. The van der Waals surface area contributed by atoms with Gasteiger partial charge in [0.05, 0.1) is 5.56 Å². The van der Waals surface area contributed by atoms with Crippen molar-refractivity contribution in [2.75, 3.05) is 5.32 Å². The van der Waals surface area contributed by atoms with E-state index in [1.165, 1.54) is 11.3 Å². The van der Waals surface area contributed by atoms with Crippen LogP contribution in [-0.4, -0.2) is 11.8 Å². The largest absolute Gasteiger partial charge is 0.365 e. The topological polar surface area (TPSA) is 72.2 Å². The monoisotopic (exact) mass is 282 g/mol. The van der Waals surface area contributed by atoms with Crippen molar-refractivity contribution in [1.29, 1.82) is 0 Å². The van der Waals surface area contributed by atoms with E-state index >= 15 is 0 Å². The average Bonchev–Trinajstić information content (AvgIpc) is 2.66. The van der Waals surface area contributed by atoms with Gasteiger partial charge in [0.1, 0.15) is 5.00 Å². The van der Waals surface area contributed by atoms with Gasteiger partial charge < -0.3 is 11.1 Å². The molecule has 0 fully saturated rings. The molecule has 1 heterocycles. The Balaban J connectivity index is 3.08. The summed E-state index contributed by atoms with van der Waals surface area (Å²) < 4.78 is 0. The molecule has 106 valence electrons. The van der Waals surface area contributed by atoms with Crippen molar-refractivity contribution in [2.24, 2.45) is 11.7 Å². The highest BCUT2D eigenvalue weighted by Gasteiger charge is 2.22. The lowest BCUT2D eigenvalue weighted by Gasteiger charge is -2.12. The third-order valence-electron chi connectivity index (χ3n) is 3.40. The second-order valence-corrected chi connectivity index (χ2v) is 5.79. The maximum Gasteiger partial charge on any atom is 0.251 e. The van der Waals surface area contributed by atoms with Crippen molar-refractivity contribution in [2.45, 2.75) is 47.0 Å². The molecule has 0 radical (unpaired) electrons. The highest BCUT2D eigenvalue weighted by Crippen LogP contribution is 2.33. The molecule has 1 aromatic rings. The number of nitrogens with two attached hydrogens (primary N) is 1. The standard InChI is InChI=1S/C14H22N2O2S/c1-5-9(6-2)13(18)16-14-11(12(15)17)10(7-3)8(4)19-14/h9H,5-7H2,1-4H3,(H2,15,17)(H,16,18). The fourth-order valence-electron chi connectivity index (χ4n) is 2.23. The molecule has 0 aliphatic carbocycles. The van der Waals surface area contributed by atoms with E-state index in [0.29, 0.717) is 10.6 Å². The van der Waals surface area contributed by atoms with Crippen molar-refractivity contribution in [3.8, 4) is 0 Å². The van der Waals surface area contributed by atoms with Crippen LogP contribution in [0.3, 0.4) is 0 Å². The van der Waals surface area contributed by atoms with Gasteiger partial charge in [0.25, 0.3) is 5.91 Å². The summed E-state index contributed by atoms with van der Waals surface area (Å²) >= 11 is 1.43. The van der Waals surface area contributed by atoms with Crippen LogP contribution in [-0.2, 0) is 11.2 Å². The number of rotatable bonds is 6. The van der Waals surface area contributed by atoms with Gasteiger partial charge in [-0.25, -0.2) is 0 Å². The van der Waals surface area contributed by atoms with E-state index in [1.807, 2.05) is 27.7 Å². The van der Waals surface area contributed by atoms with Crippen molar-refractivity contribution in [1.82, 2.24) is 0 Å². The summed E-state index contributed by atoms with van der Waals surface area (Å²) in [6.07, 6.45) is 2.32. The number of carbonyl (C=O) groups is 2. The first-order valence-electron chi connectivity index (χ1n) is 6.69. The highest BCUT2D eigenvalue weighted by atomic mass is 32.1. The quantitative estimate of drug-likeness (QED) is 0.841. The molecule has 1 aromatic heterocycles. The Morgan fingerprint density at radius 3 is 2.26 bits per heavy atom. The molecule has 0 saturated heterocycles. The molecule has 4 nitrogen and oxygen atoms in total. The van der Waals surface area contributed by atoms with Gasteiger partial charge in [-0.3, -0.25) is 9.59 Å². The smallest absolute Gasteiger partial charge is 0.251 e. The van der Waals surface area contributed by atoms with E-state index in [1.54, 1.807) is 0 Å². The normalized spacial score (nSPS) is 10.8. The van der Waals surface area contributed by atoms with Crippen LogP contribution in [0.1, 0.15) is 54.4 Å². The molecular weight excluding hydrogens is 260 g/mol. The Morgan fingerprint density at radius 2 is 1.84 bits per heavy atom. The van der Waals surface area contributed by atoms with Crippen LogP contribution < -0.4 is 11.1 Å². The molecule has 0 aromatic carbocycles. The van der Waals surface area contributed by atoms with Gasteiger partial charge in [-0.05, 0) is 31.7 Å². The van der Waals surface area contributed by atoms with Crippen LogP contribution in [0, 0.1) is 12.8 Å². The molecule has 0 atom stereocenters. The predicted octanol–water partition coefficient (Wildman–Crippen LogP) is 3.09. The molecule has 0 bridgehead atoms. The van der Waals surface area contributed by atoms with Gasteiger partial charge in [0.15, 0.2) is 0 Å². The van der Waals surface area contributed by atoms with Crippen LogP contribution in [0.5, 0.6) is 0 Å². The molecule has 19 heavy (non-hydrogen) atoms. The molecule has 5 heteroatoms. The van der Waals surface area contributed by atoms with Gasteiger partial charge in [-0.1, -0.05) is 20.8 Å². The molecule has 0 aliphatic heterocycles. The zero-order valence-corrected chi connectivity index (χ0v) is 12.8. The second kappa shape index (κ2) is 6.70. The van der Waals surface area contributed by atoms with Crippen molar-refractivity contribution in [3.63, 3.8) is 0 Å².